The highest BCUT2D eigenvalue weighted by atomic mass is 16.5. The molecule has 1 saturated heterocycles. The minimum atomic E-state index is 0.613. The summed E-state index contributed by atoms with van der Waals surface area (Å²) in [4.78, 5) is 4.16. The fraction of sp³-hybridized carbons (Fsp3) is 0.615. The summed E-state index contributed by atoms with van der Waals surface area (Å²) < 4.78 is 10.6. The number of aromatic nitrogens is 1. The summed E-state index contributed by atoms with van der Waals surface area (Å²) in [5.41, 5.74) is 0. The van der Waals surface area contributed by atoms with Crippen LogP contribution in [0.15, 0.2) is 18.3 Å². The van der Waals surface area contributed by atoms with Gasteiger partial charge in [-0.3, -0.25) is 0 Å². The third kappa shape index (κ3) is 3.89. The van der Waals surface area contributed by atoms with E-state index in [1.165, 1.54) is 19.3 Å². The summed E-state index contributed by atoms with van der Waals surface area (Å²) in [6.45, 7) is 1.86. The Bertz CT molecular complexity index is 321. The minimum Gasteiger partial charge on any atom is -0.495 e. The monoisotopic (exact) mass is 236 g/mol. The molecule has 2 heterocycles. The molecule has 1 aliphatic rings. The Morgan fingerprint density at radius 1 is 1.41 bits per heavy atom. The number of piperidine rings is 1. The van der Waals surface area contributed by atoms with Crippen LogP contribution in [-0.4, -0.2) is 31.3 Å². The average Bonchev–Trinajstić information content (AvgIpc) is 2.41. The standard InChI is InChI=1S/C13H20N2O2/c1-16-12-5-6-13(15-10-12)17-9-7-11-4-2-3-8-14-11/h5-6,10-11,14H,2-4,7-9H2,1H3. The fourth-order valence-corrected chi connectivity index (χ4v) is 2.05. The van der Waals surface area contributed by atoms with Crippen LogP contribution in [0.4, 0.5) is 0 Å². The third-order valence-electron chi connectivity index (χ3n) is 3.07. The predicted molar refractivity (Wildman–Crippen MR) is 66.5 cm³/mol. The van der Waals surface area contributed by atoms with Crippen molar-refractivity contribution in [2.75, 3.05) is 20.3 Å². The lowest BCUT2D eigenvalue weighted by molar-refractivity contribution is 0.260. The molecule has 0 amide bonds. The molecule has 0 bridgehead atoms. The number of rotatable bonds is 5. The first-order valence-electron chi connectivity index (χ1n) is 6.25. The molecule has 0 radical (unpaired) electrons. The highest BCUT2D eigenvalue weighted by molar-refractivity contribution is 5.22. The van der Waals surface area contributed by atoms with Gasteiger partial charge < -0.3 is 14.8 Å². The van der Waals surface area contributed by atoms with E-state index in [2.05, 4.69) is 10.3 Å². The minimum absolute atomic E-state index is 0.613. The number of hydrogen-bond donors (Lipinski definition) is 1. The van der Waals surface area contributed by atoms with Gasteiger partial charge in [0.1, 0.15) is 5.75 Å². The van der Waals surface area contributed by atoms with Gasteiger partial charge in [0.25, 0.3) is 0 Å². The van der Waals surface area contributed by atoms with Crippen LogP contribution < -0.4 is 14.8 Å². The topological polar surface area (TPSA) is 43.4 Å². The predicted octanol–water partition coefficient (Wildman–Crippen LogP) is 2.00. The lowest BCUT2D eigenvalue weighted by atomic mass is 10.0. The first kappa shape index (κ1) is 12.2. The summed E-state index contributed by atoms with van der Waals surface area (Å²) >= 11 is 0. The number of hydrogen-bond acceptors (Lipinski definition) is 4. The number of ether oxygens (including phenoxy) is 2. The molecule has 1 atom stereocenters. The SMILES string of the molecule is COc1ccc(OCCC2CCCCN2)nc1. The largest absolute Gasteiger partial charge is 0.495 e. The number of nitrogens with zero attached hydrogens (tertiary/aromatic N) is 1. The smallest absolute Gasteiger partial charge is 0.213 e. The van der Waals surface area contributed by atoms with Crippen molar-refractivity contribution in [2.45, 2.75) is 31.7 Å². The Labute approximate surface area is 102 Å². The molecular weight excluding hydrogens is 216 g/mol. The van der Waals surface area contributed by atoms with Crippen LogP contribution in [0.25, 0.3) is 0 Å². The van der Waals surface area contributed by atoms with Crippen LogP contribution in [-0.2, 0) is 0 Å². The second-order valence-corrected chi connectivity index (χ2v) is 4.32. The van der Waals surface area contributed by atoms with Crippen molar-refractivity contribution in [1.82, 2.24) is 10.3 Å². The van der Waals surface area contributed by atoms with Crippen LogP contribution >= 0.6 is 0 Å². The van der Waals surface area contributed by atoms with Crippen molar-refractivity contribution in [3.63, 3.8) is 0 Å². The van der Waals surface area contributed by atoms with Gasteiger partial charge in [0.2, 0.25) is 5.88 Å². The third-order valence-corrected chi connectivity index (χ3v) is 3.07. The number of nitrogens with one attached hydrogen (secondary N) is 1. The van der Waals surface area contributed by atoms with Gasteiger partial charge in [-0.1, -0.05) is 6.42 Å². The van der Waals surface area contributed by atoms with E-state index < -0.39 is 0 Å². The Balaban J connectivity index is 1.69. The molecule has 1 N–H and O–H groups in total. The zero-order chi connectivity index (χ0) is 11.9. The van der Waals surface area contributed by atoms with Gasteiger partial charge in [-0.25, -0.2) is 4.98 Å². The molecule has 0 spiro atoms. The van der Waals surface area contributed by atoms with Gasteiger partial charge in [-0.05, 0) is 31.9 Å². The highest BCUT2D eigenvalue weighted by Crippen LogP contribution is 2.14. The average molecular weight is 236 g/mol. The van der Waals surface area contributed by atoms with Crippen molar-refractivity contribution in [1.29, 1.82) is 0 Å². The maximum absolute atomic E-state index is 5.60. The summed E-state index contributed by atoms with van der Waals surface area (Å²) in [6, 6.07) is 4.32. The Morgan fingerprint density at radius 3 is 3.00 bits per heavy atom. The number of pyridine rings is 1. The molecule has 1 aliphatic heterocycles. The summed E-state index contributed by atoms with van der Waals surface area (Å²) in [5.74, 6) is 1.42. The van der Waals surface area contributed by atoms with Crippen LogP contribution in [0.1, 0.15) is 25.7 Å². The van der Waals surface area contributed by atoms with Gasteiger partial charge >= 0.3 is 0 Å². The van der Waals surface area contributed by atoms with Gasteiger partial charge in [-0.15, -0.1) is 0 Å². The maximum Gasteiger partial charge on any atom is 0.213 e. The van der Waals surface area contributed by atoms with Crippen molar-refractivity contribution in [2.24, 2.45) is 0 Å². The molecule has 94 valence electrons. The van der Waals surface area contributed by atoms with Gasteiger partial charge in [0, 0.05) is 12.1 Å². The van der Waals surface area contributed by atoms with Crippen molar-refractivity contribution in [3.8, 4) is 11.6 Å². The molecule has 4 heteroatoms. The molecule has 1 aromatic rings. The lowest BCUT2D eigenvalue weighted by Crippen LogP contribution is -2.35. The molecule has 17 heavy (non-hydrogen) atoms. The molecule has 2 rings (SSSR count). The Kier molecular flexibility index (Phi) is 4.62. The summed E-state index contributed by atoms with van der Waals surface area (Å²) in [6.07, 6.45) is 6.62. The number of methoxy groups -OCH3 is 1. The van der Waals surface area contributed by atoms with Gasteiger partial charge in [0.05, 0.1) is 19.9 Å². The van der Waals surface area contributed by atoms with Crippen LogP contribution in [0, 0.1) is 0 Å². The van der Waals surface area contributed by atoms with Gasteiger partial charge in [0.15, 0.2) is 0 Å². The molecule has 0 aliphatic carbocycles. The summed E-state index contributed by atoms with van der Waals surface area (Å²) in [7, 11) is 1.63. The zero-order valence-electron chi connectivity index (χ0n) is 10.3. The molecular formula is C13H20N2O2. The van der Waals surface area contributed by atoms with E-state index in [9.17, 15) is 0 Å². The second-order valence-electron chi connectivity index (χ2n) is 4.32. The van der Waals surface area contributed by atoms with E-state index >= 15 is 0 Å². The van der Waals surface area contributed by atoms with E-state index in [1.54, 1.807) is 13.3 Å². The normalized spacial score (nSPS) is 19.9. The van der Waals surface area contributed by atoms with Crippen molar-refractivity contribution >= 4 is 0 Å². The van der Waals surface area contributed by atoms with E-state index in [0.717, 1.165) is 25.3 Å². The van der Waals surface area contributed by atoms with E-state index in [0.29, 0.717) is 11.9 Å². The van der Waals surface area contributed by atoms with E-state index in [-0.39, 0.29) is 0 Å². The Morgan fingerprint density at radius 2 is 2.35 bits per heavy atom. The molecule has 1 fully saturated rings. The first-order chi connectivity index (χ1) is 8.38. The molecule has 4 nitrogen and oxygen atoms in total. The highest BCUT2D eigenvalue weighted by Gasteiger charge is 2.12. The lowest BCUT2D eigenvalue weighted by Gasteiger charge is -2.23. The molecule has 0 aromatic carbocycles. The summed E-state index contributed by atoms with van der Waals surface area (Å²) in [5, 5.41) is 3.50. The molecule has 1 unspecified atom stereocenters. The fourth-order valence-electron chi connectivity index (χ4n) is 2.05. The van der Waals surface area contributed by atoms with Crippen LogP contribution in [0.5, 0.6) is 11.6 Å². The van der Waals surface area contributed by atoms with E-state index in [4.69, 9.17) is 9.47 Å². The van der Waals surface area contributed by atoms with Crippen molar-refractivity contribution < 1.29 is 9.47 Å². The van der Waals surface area contributed by atoms with Gasteiger partial charge in [-0.2, -0.15) is 0 Å². The maximum atomic E-state index is 5.60. The first-order valence-corrected chi connectivity index (χ1v) is 6.25. The molecule has 1 aromatic heterocycles. The second kappa shape index (κ2) is 6.45. The van der Waals surface area contributed by atoms with E-state index in [1.807, 2.05) is 12.1 Å². The Hall–Kier alpha value is -1.29. The zero-order valence-corrected chi connectivity index (χ0v) is 10.3. The van der Waals surface area contributed by atoms with Crippen molar-refractivity contribution in [3.05, 3.63) is 18.3 Å². The van der Waals surface area contributed by atoms with Crippen LogP contribution in [0.2, 0.25) is 0 Å². The quantitative estimate of drug-likeness (QED) is 0.849. The molecule has 0 saturated carbocycles. The van der Waals surface area contributed by atoms with Crippen LogP contribution in [0.3, 0.4) is 0 Å².